The summed E-state index contributed by atoms with van der Waals surface area (Å²) in [5.74, 6) is 1.30. The van der Waals surface area contributed by atoms with Crippen molar-refractivity contribution in [3.63, 3.8) is 0 Å². The molecule has 2 aromatic rings. The van der Waals surface area contributed by atoms with E-state index in [1.54, 1.807) is 4.68 Å². The van der Waals surface area contributed by atoms with Crippen LogP contribution in [0.15, 0.2) is 24.4 Å². The molecule has 1 aromatic carbocycles. The zero-order chi connectivity index (χ0) is 15.7. The zero-order valence-corrected chi connectivity index (χ0v) is 13.7. The fraction of sp³-hybridized carbons (Fsp3) is 0.556. The quantitative estimate of drug-likeness (QED) is 0.945. The molecule has 1 amide bonds. The zero-order valence-electron chi connectivity index (χ0n) is 13.7. The molecule has 3 unspecified atom stereocenters. The molecule has 0 radical (unpaired) electrons. The van der Waals surface area contributed by atoms with Crippen molar-refractivity contribution in [2.75, 3.05) is 0 Å². The maximum absolute atomic E-state index is 12.4. The molecule has 1 fully saturated rings. The van der Waals surface area contributed by atoms with Gasteiger partial charge in [0.25, 0.3) is 0 Å². The standard InChI is InChI=1S/C18H25N3O/c1-12-7-8-15-10-19-21(17(15)9-12)11-18(22)20-16-6-4-5-13(2)14(16)3/h7-10,13-14,16H,4-6,11H2,1-3H3,(H,20,22). The van der Waals surface area contributed by atoms with Gasteiger partial charge in [-0.3, -0.25) is 9.48 Å². The van der Waals surface area contributed by atoms with Crippen LogP contribution < -0.4 is 5.32 Å². The number of nitrogens with one attached hydrogen (secondary N) is 1. The molecule has 1 saturated carbocycles. The highest BCUT2D eigenvalue weighted by Crippen LogP contribution is 2.29. The van der Waals surface area contributed by atoms with Gasteiger partial charge < -0.3 is 5.32 Å². The van der Waals surface area contributed by atoms with Gasteiger partial charge in [0.1, 0.15) is 6.54 Å². The fourth-order valence-electron chi connectivity index (χ4n) is 3.48. The first kappa shape index (κ1) is 15.1. The van der Waals surface area contributed by atoms with Crippen molar-refractivity contribution in [2.24, 2.45) is 11.8 Å². The molecule has 0 spiro atoms. The van der Waals surface area contributed by atoms with E-state index in [2.05, 4.69) is 49.4 Å². The van der Waals surface area contributed by atoms with E-state index in [1.807, 2.05) is 6.20 Å². The Bertz CT molecular complexity index is 676. The second-order valence-electron chi connectivity index (χ2n) is 6.81. The van der Waals surface area contributed by atoms with Crippen molar-refractivity contribution in [3.05, 3.63) is 30.0 Å². The molecule has 4 heteroatoms. The van der Waals surface area contributed by atoms with E-state index < -0.39 is 0 Å². The Labute approximate surface area is 131 Å². The summed E-state index contributed by atoms with van der Waals surface area (Å²) in [6.45, 7) is 6.89. The van der Waals surface area contributed by atoms with Crippen LogP contribution in [0, 0.1) is 18.8 Å². The topological polar surface area (TPSA) is 46.9 Å². The van der Waals surface area contributed by atoms with Gasteiger partial charge in [0.2, 0.25) is 5.91 Å². The number of carbonyl (C=O) groups excluding carboxylic acids is 1. The molecule has 118 valence electrons. The second kappa shape index (κ2) is 6.11. The van der Waals surface area contributed by atoms with Gasteiger partial charge in [-0.05, 0) is 36.8 Å². The molecule has 1 aliphatic carbocycles. The number of aryl methyl sites for hydroxylation is 1. The minimum Gasteiger partial charge on any atom is -0.351 e. The average Bonchev–Trinajstić information content (AvgIpc) is 2.86. The lowest BCUT2D eigenvalue weighted by Gasteiger charge is -2.34. The molecular weight excluding hydrogens is 274 g/mol. The van der Waals surface area contributed by atoms with Gasteiger partial charge in [-0.25, -0.2) is 0 Å². The number of carbonyl (C=O) groups is 1. The first-order valence-electron chi connectivity index (χ1n) is 8.26. The van der Waals surface area contributed by atoms with Crippen molar-refractivity contribution in [1.29, 1.82) is 0 Å². The van der Waals surface area contributed by atoms with E-state index in [9.17, 15) is 4.79 Å². The summed E-state index contributed by atoms with van der Waals surface area (Å²) in [4.78, 5) is 12.4. The van der Waals surface area contributed by atoms with Gasteiger partial charge >= 0.3 is 0 Å². The van der Waals surface area contributed by atoms with E-state index in [-0.39, 0.29) is 5.91 Å². The Morgan fingerprint density at radius 2 is 2.18 bits per heavy atom. The van der Waals surface area contributed by atoms with E-state index in [1.165, 1.54) is 18.4 Å². The van der Waals surface area contributed by atoms with Gasteiger partial charge in [0.15, 0.2) is 0 Å². The van der Waals surface area contributed by atoms with Gasteiger partial charge in [-0.2, -0.15) is 5.10 Å². The number of hydrogen-bond acceptors (Lipinski definition) is 2. The predicted octanol–water partition coefficient (Wildman–Crippen LogP) is 3.29. The molecule has 0 bridgehead atoms. The van der Waals surface area contributed by atoms with Crippen LogP contribution in [0.1, 0.15) is 38.7 Å². The average molecular weight is 299 g/mol. The van der Waals surface area contributed by atoms with Crippen LogP contribution >= 0.6 is 0 Å². The van der Waals surface area contributed by atoms with Crippen LogP contribution in [0.5, 0.6) is 0 Å². The fourth-order valence-corrected chi connectivity index (χ4v) is 3.48. The Hall–Kier alpha value is -1.84. The van der Waals surface area contributed by atoms with E-state index in [0.29, 0.717) is 24.4 Å². The van der Waals surface area contributed by atoms with Crippen LogP contribution in [0.3, 0.4) is 0 Å². The third-order valence-electron chi connectivity index (χ3n) is 5.15. The smallest absolute Gasteiger partial charge is 0.241 e. The molecule has 0 saturated heterocycles. The number of aromatic nitrogens is 2. The van der Waals surface area contributed by atoms with Crippen molar-refractivity contribution in [2.45, 2.75) is 52.6 Å². The molecule has 22 heavy (non-hydrogen) atoms. The van der Waals surface area contributed by atoms with Crippen molar-refractivity contribution in [3.8, 4) is 0 Å². The molecular formula is C18H25N3O. The van der Waals surface area contributed by atoms with Crippen molar-refractivity contribution >= 4 is 16.8 Å². The van der Waals surface area contributed by atoms with Gasteiger partial charge in [0.05, 0.1) is 11.7 Å². The number of nitrogens with zero attached hydrogens (tertiary/aromatic N) is 2. The van der Waals surface area contributed by atoms with E-state index in [0.717, 1.165) is 17.3 Å². The van der Waals surface area contributed by atoms with Crippen molar-refractivity contribution < 1.29 is 4.79 Å². The summed E-state index contributed by atoms with van der Waals surface area (Å²) in [5, 5.41) is 8.66. The van der Waals surface area contributed by atoms with Crippen LogP contribution in [-0.2, 0) is 11.3 Å². The number of hydrogen-bond donors (Lipinski definition) is 1. The number of amides is 1. The highest BCUT2D eigenvalue weighted by Gasteiger charge is 2.28. The summed E-state index contributed by atoms with van der Waals surface area (Å²) in [5.41, 5.74) is 2.21. The number of fused-ring (bicyclic) bond motifs is 1. The number of rotatable bonds is 3. The van der Waals surface area contributed by atoms with E-state index in [4.69, 9.17) is 0 Å². The van der Waals surface area contributed by atoms with Gasteiger partial charge in [0, 0.05) is 11.4 Å². The SMILES string of the molecule is Cc1ccc2cnn(CC(=O)NC3CCCC(C)C3C)c2c1. The first-order valence-corrected chi connectivity index (χ1v) is 8.26. The lowest BCUT2D eigenvalue weighted by Crippen LogP contribution is -2.44. The van der Waals surface area contributed by atoms with Crippen LogP contribution in [-0.4, -0.2) is 21.7 Å². The van der Waals surface area contributed by atoms with Crippen LogP contribution in [0.25, 0.3) is 10.9 Å². The lowest BCUT2D eigenvalue weighted by molar-refractivity contribution is -0.123. The molecule has 1 heterocycles. The van der Waals surface area contributed by atoms with Gasteiger partial charge in [-0.1, -0.05) is 38.8 Å². The highest BCUT2D eigenvalue weighted by molar-refractivity contribution is 5.82. The molecule has 1 aliphatic rings. The maximum atomic E-state index is 12.4. The van der Waals surface area contributed by atoms with Crippen molar-refractivity contribution in [1.82, 2.24) is 15.1 Å². The largest absolute Gasteiger partial charge is 0.351 e. The third-order valence-corrected chi connectivity index (χ3v) is 5.15. The summed E-state index contributed by atoms with van der Waals surface area (Å²) >= 11 is 0. The normalized spacial score (nSPS) is 25.3. The Kier molecular flexibility index (Phi) is 4.19. The monoisotopic (exact) mass is 299 g/mol. The second-order valence-corrected chi connectivity index (χ2v) is 6.81. The lowest BCUT2D eigenvalue weighted by atomic mass is 9.78. The first-order chi connectivity index (χ1) is 10.5. The Morgan fingerprint density at radius 1 is 1.36 bits per heavy atom. The molecule has 4 nitrogen and oxygen atoms in total. The maximum Gasteiger partial charge on any atom is 0.241 e. The number of benzene rings is 1. The summed E-state index contributed by atoms with van der Waals surface area (Å²) in [6.07, 6.45) is 5.40. The summed E-state index contributed by atoms with van der Waals surface area (Å²) in [7, 11) is 0. The molecule has 1 aromatic heterocycles. The Morgan fingerprint density at radius 3 is 3.00 bits per heavy atom. The minimum atomic E-state index is 0.0671. The van der Waals surface area contributed by atoms with Crippen LogP contribution in [0.2, 0.25) is 0 Å². The van der Waals surface area contributed by atoms with Gasteiger partial charge in [-0.15, -0.1) is 0 Å². The van der Waals surface area contributed by atoms with Crippen LogP contribution in [0.4, 0.5) is 0 Å². The minimum absolute atomic E-state index is 0.0671. The Balaban J connectivity index is 1.69. The highest BCUT2D eigenvalue weighted by atomic mass is 16.2. The molecule has 1 N–H and O–H groups in total. The molecule has 0 aliphatic heterocycles. The summed E-state index contributed by atoms with van der Waals surface area (Å²) < 4.78 is 1.80. The molecule has 3 atom stereocenters. The predicted molar refractivity (Wildman–Crippen MR) is 88.6 cm³/mol. The summed E-state index contributed by atoms with van der Waals surface area (Å²) in [6, 6.07) is 6.51. The molecule has 3 rings (SSSR count). The third kappa shape index (κ3) is 3.01. The van der Waals surface area contributed by atoms with E-state index >= 15 is 0 Å².